The minimum Gasteiger partial charge on any atom is -0.477 e. The smallest absolute Gasteiger partial charge is 0.281 e. The maximum Gasteiger partial charge on any atom is 0.281 e. The van der Waals surface area contributed by atoms with E-state index in [1.165, 1.54) is 54.6 Å². The fourth-order valence-corrected chi connectivity index (χ4v) is 5.68. The standard InChI is InChI=1S/C25H29ClN6O4S/c1-2-27-20-4-3-5-23(28-20)37(34,35)31-25(33)19-10-11-21(29-24(19)26)32-14-12-22(30-32)36-15-13-18(16-6-7-16)17-8-9-17/h3-5,10-12,14,16-18H,2,6-9,13,15H2,1H3,(H,27,28)(H,31,33). The Morgan fingerprint density at radius 3 is 2.57 bits per heavy atom. The summed E-state index contributed by atoms with van der Waals surface area (Å²) in [6, 6.07) is 9.15. The maximum absolute atomic E-state index is 12.7. The van der Waals surface area contributed by atoms with Crippen molar-refractivity contribution in [3.05, 3.63) is 53.3 Å². The van der Waals surface area contributed by atoms with Gasteiger partial charge in [0.1, 0.15) is 11.0 Å². The van der Waals surface area contributed by atoms with Crippen LogP contribution in [0.1, 0.15) is 49.4 Å². The number of rotatable bonds is 12. The van der Waals surface area contributed by atoms with Gasteiger partial charge in [0.15, 0.2) is 10.8 Å². The predicted octanol–water partition coefficient (Wildman–Crippen LogP) is 4.07. The first-order valence-electron chi connectivity index (χ1n) is 12.5. The van der Waals surface area contributed by atoms with Crippen LogP contribution in [-0.4, -0.2) is 47.2 Å². The minimum atomic E-state index is -4.21. The van der Waals surface area contributed by atoms with E-state index in [1.807, 2.05) is 11.6 Å². The van der Waals surface area contributed by atoms with E-state index in [0.29, 0.717) is 30.7 Å². The summed E-state index contributed by atoms with van der Waals surface area (Å²) in [5.74, 6) is 2.87. The van der Waals surface area contributed by atoms with Crippen molar-refractivity contribution in [1.82, 2.24) is 24.5 Å². The summed E-state index contributed by atoms with van der Waals surface area (Å²) in [5.41, 5.74) is -0.0911. The molecule has 3 aromatic rings. The Morgan fingerprint density at radius 1 is 1.14 bits per heavy atom. The highest BCUT2D eigenvalue weighted by molar-refractivity contribution is 7.90. The van der Waals surface area contributed by atoms with E-state index in [0.717, 1.165) is 24.2 Å². The largest absolute Gasteiger partial charge is 0.477 e. The first kappa shape index (κ1) is 25.5. The molecule has 37 heavy (non-hydrogen) atoms. The quantitative estimate of drug-likeness (QED) is 0.326. The monoisotopic (exact) mass is 544 g/mol. The molecule has 2 N–H and O–H groups in total. The molecular weight excluding hydrogens is 516 g/mol. The molecule has 0 saturated heterocycles. The normalized spacial score (nSPS) is 15.5. The molecule has 12 heteroatoms. The molecule has 0 unspecified atom stereocenters. The van der Waals surface area contributed by atoms with E-state index in [4.69, 9.17) is 16.3 Å². The fraction of sp³-hybridized carbons (Fsp3) is 0.440. The minimum absolute atomic E-state index is 0.0911. The molecule has 3 heterocycles. The van der Waals surface area contributed by atoms with Gasteiger partial charge in [-0.15, -0.1) is 5.10 Å². The van der Waals surface area contributed by atoms with Crippen LogP contribution in [0.25, 0.3) is 5.82 Å². The number of nitrogens with zero attached hydrogens (tertiary/aromatic N) is 4. The Bertz CT molecular complexity index is 1380. The Morgan fingerprint density at radius 2 is 1.89 bits per heavy atom. The molecule has 0 aromatic carbocycles. The summed E-state index contributed by atoms with van der Waals surface area (Å²) >= 11 is 6.25. The topological polar surface area (TPSA) is 128 Å². The fourth-order valence-electron chi connectivity index (χ4n) is 4.51. The van der Waals surface area contributed by atoms with Crippen LogP contribution in [0.4, 0.5) is 5.82 Å². The molecule has 0 aliphatic heterocycles. The molecule has 0 atom stereocenters. The molecule has 2 aliphatic carbocycles. The zero-order valence-corrected chi connectivity index (χ0v) is 22.0. The first-order valence-corrected chi connectivity index (χ1v) is 14.3. The molecule has 2 saturated carbocycles. The molecule has 1 amide bonds. The number of carbonyl (C=O) groups excluding carboxylic acids is 1. The van der Waals surface area contributed by atoms with Crippen molar-refractivity contribution in [2.45, 2.75) is 44.1 Å². The van der Waals surface area contributed by atoms with Crippen LogP contribution in [-0.2, 0) is 10.0 Å². The van der Waals surface area contributed by atoms with Gasteiger partial charge in [-0.1, -0.05) is 17.7 Å². The van der Waals surface area contributed by atoms with Crippen molar-refractivity contribution < 1.29 is 17.9 Å². The third-order valence-electron chi connectivity index (χ3n) is 6.62. The Balaban J connectivity index is 1.21. The van der Waals surface area contributed by atoms with Gasteiger partial charge in [-0.25, -0.2) is 19.4 Å². The molecule has 3 aromatic heterocycles. The molecule has 0 bridgehead atoms. The lowest BCUT2D eigenvalue weighted by atomic mass is 9.95. The number of aromatic nitrogens is 4. The maximum atomic E-state index is 12.7. The van der Waals surface area contributed by atoms with E-state index in [1.54, 1.807) is 18.3 Å². The van der Waals surface area contributed by atoms with Crippen molar-refractivity contribution in [2.24, 2.45) is 17.8 Å². The summed E-state index contributed by atoms with van der Waals surface area (Å²) in [5, 5.41) is 6.88. The van der Waals surface area contributed by atoms with Crippen molar-refractivity contribution in [1.29, 1.82) is 0 Å². The first-order chi connectivity index (χ1) is 17.8. The van der Waals surface area contributed by atoms with Gasteiger partial charge in [0.2, 0.25) is 5.88 Å². The molecular formula is C25H29ClN6O4S. The van der Waals surface area contributed by atoms with E-state index < -0.39 is 15.9 Å². The zero-order valence-electron chi connectivity index (χ0n) is 20.4. The number of anilines is 1. The summed E-state index contributed by atoms with van der Waals surface area (Å²) in [7, 11) is -4.21. The third-order valence-corrected chi connectivity index (χ3v) is 8.14. The summed E-state index contributed by atoms with van der Waals surface area (Å²) < 4.78 is 34.7. The van der Waals surface area contributed by atoms with Crippen LogP contribution < -0.4 is 14.8 Å². The molecule has 196 valence electrons. The van der Waals surface area contributed by atoms with Crippen molar-refractivity contribution in [2.75, 3.05) is 18.5 Å². The molecule has 5 rings (SSSR count). The van der Waals surface area contributed by atoms with Crippen molar-refractivity contribution in [3.63, 3.8) is 0 Å². The van der Waals surface area contributed by atoms with Crippen LogP contribution >= 0.6 is 11.6 Å². The number of hydrogen-bond acceptors (Lipinski definition) is 8. The summed E-state index contributed by atoms with van der Waals surface area (Å²) in [6.45, 7) is 3.06. The van der Waals surface area contributed by atoms with Gasteiger partial charge in [-0.05, 0) is 81.0 Å². The Hall–Kier alpha value is -3.18. The highest BCUT2D eigenvalue weighted by Crippen LogP contribution is 2.50. The second-order valence-corrected chi connectivity index (χ2v) is 11.4. The molecule has 0 spiro atoms. The highest BCUT2D eigenvalue weighted by atomic mass is 35.5. The number of carbonyl (C=O) groups is 1. The Kier molecular flexibility index (Phi) is 7.34. The summed E-state index contributed by atoms with van der Waals surface area (Å²) in [4.78, 5) is 20.9. The molecule has 2 aliphatic rings. The highest BCUT2D eigenvalue weighted by Gasteiger charge is 2.40. The van der Waals surface area contributed by atoms with Crippen LogP contribution in [0.15, 0.2) is 47.6 Å². The predicted molar refractivity (Wildman–Crippen MR) is 138 cm³/mol. The lowest BCUT2D eigenvalue weighted by molar-refractivity contribution is 0.0981. The van der Waals surface area contributed by atoms with Gasteiger partial charge >= 0.3 is 0 Å². The lowest BCUT2D eigenvalue weighted by Gasteiger charge is -2.14. The number of ether oxygens (including phenoxy) is 1. The number of halogens is 1. The number of pyridine rings is 2. The van der Waals surface area contributed by atoms with Crippen molar-refractivity contribution >= 4 is 33.3 Å². The van der Waals surface area contributed by atoms with Gasteiger partial charge in [-0.3, -0.25) is 4.79 Å². The number of amides is 1. The Labute approximate surface area is 220 Å². The van der Waals surface area contributed by atoms with Crippen LogP contribution in [0, 0.1) is 17.8 Å². The van der Waals surface area contributed by atoms with E-state index >= 15 is 0 Å². The average molecular weight is 545 g/mol. The van der Waals surface area contributed by atoms with Crippen LogP contribution in [0.2, 0.25) is 5.15 Å². The van der Waals surface area contributed by atoms with Gasteiger partial charge in [0.05, 0.1) is 12.2 Å². The molecule has 0 radical (unpaired) electrons. The summed E-state index contributed by atoms with van der Waals surface area (Å²) in [6.07, 6.45) is 8.14. The average Bonchev–Trinajstić information content (AvgIpc) is 3.81. The van der Waals surface area contributed by atoms with Crippen LogP contribution in [0.3, 0.4) is 0 Å². The van der Waals surface area contributed by atoms with Crippen molar-refractivity contribution in [3.8, 4) is 11.7 Å². The van der Waals surface area contributed by atoms with Gasteiger partial charge in [-0.2, -0.15) is 8.42 Å². The van der Waals surface area contributed by atoms with E-state index in [-0.39, 0.29) is 15.7 Å². The second-order valence-electron chi connectivity index (χ2n) is 9.41. The van der Waals surface area contributed by atoms with Gasteiger partial charge in [0.25, 0.3) is 15.9 Å². The lowest BCUT2D eigenvalue weighted by Crippen LogP contribution is -2.31. The van der Waals surface area contributed by atoms with Gasteiger partial charge < -0.3 is 10.1 Å². The second kappa shape index (κ2) is 10.7. The zero-order chi connectivity index (χ0) is 26.0. The van der Waals surface area contributed by atoms with E-state index in [9.17, 15) is 13.2 Å². The number of nitrogens with one attached hydrogen (secondary N) is 2. The van der Waals surface area contributed by atoms with Gasteiger partial charge in [0, 0.05) is 18.8 Å². The number of hydrogen-bond donors (Lipinski definition) is 2. The van der Waals surface area contributed by atoms with Crippen LogP contribution in [0.5, 0.6) is 5.88 Å². The van der Waals surface area contributed by atoms with E-state index in [2.05, 4.69) is 20.4 Å². The SMILES string of the molecule is CCNc1cccc(S(=O)(=O)NC(=O)c2ccc(-n3ccc(OCCC(C4CC4)C4CC4)n3)nc2Cl)n1. The number of sulfonamides is 1. The molecule has 2 fully saturated rings. The molecule has 10 nitrogen and oxygen atoms in total. The third kappa shape index (κ3) is 6.22.